The van der Waals surface area contributed by atoms with Crippen molar-refractivity contribution in [2.45, 2.75) is 74.4 Å². The van der Waals surface area contributed by atoms with Crippen LogP contribution < -0.4 is 0 Å². The van der Waals surface area contributed by atoms with Gasteiger partial charge in [-0.15, -0.1) is 0 Å². The number of hydrogen-bond donors (Lipinski definition) is 0. The van der Waals surface area contributed by atoms with Gasteiger partial charge >= 0.3 is 0 Å². The van der Waals surface area contributed by atoms with E-state index in [2.05, 4.69) is 77.3 Å². The summed E-state index contributed by atoms with van der Waals surface area (Å²) in [5.74, 6) is 1.86. The average Bonchev–Trinajstić information content (AvgIpc) is 2.89. The molecule has 1 saturated heterocycles. The predicted octanol–water partition coefficient (Wildman–Crippen LogP) is 6.11. The number of nitrogens with zero attached hydrogens (tertiary/aromatic N) is 2. The Kier molecular flexibility index (Phi) is 5.42. The highest BCUT2D eigenvalue weighted by atomic mass is 15.4. The zero-order chi connectivity index (χ0) is 19.2. The van der Waals surface area contributed by atoms with E-state index in [-0.39, 0.29) is 0 Å². The molecular weight excluding hydrogens is 316 g/mol. The molecule has 0 aromatic carbocycles. The molecule has 1 fully saturated rings. The molecule has 0 radical (unpaired) electrons. The van der Waals surface area contributed by atoms with Crippen LogP contribution >= 0.6 is 0 Å². The lowest BCUT2D eigenvalue weighted by atomic mass is 9.87. The molecule has 0 bridgehead atoms. The van der Waals surface area contributed by atoms with Crippen LogP contribution in [0.25, 0.3) is 0 Å². The minimum absolute atomic E-state index is 0.480. The first-order chi connectivity index (χ1) is 12.2. The fourth-order valence-corrected chi connectivity index (χ4v) is 5.85. The third kappa shape index (κ3) is 3.40. The van der Waals surface area contributed by atoms with Crippen molar-refractivity contribution >= 4 is 0 Å². The second-order valence-electron chi connectivity index (χ2n) is 9.37. The fourth-order valence-electron chi connectivity index (χ4n) is 5.85. The number of hydrogen-bond acceptors (Lipinski definition) is 2. The predicted molar refractivity (Wildman–Crippen MR) is 113 cm³/mol. The van der Waals surface area contributed by atoms with Crippen molar-refractivity contribution in [1.29, 1.82) is 0 Å². The van der Waals surface area contributed by atoms with Crippen molar-refractivity contribution in [3.8, 4) is 0 Å². The molecule has 2 nitrogen and oxygen atoms in total. The van der Waals surface area contributed by atoms with Crippen LogP contribution in [0, 0.1) is 17.8 Å². The van der Waals surface area contributed by atoms with Crippen molar-refractivity contribution in [2.75, 3.05) is 13.1 Å². The van der Waals surface area contributed by atoms with E-state index >= 15 is 0 Å². The molecule has 2 heteroatoms. The van der Waals surface area contributed by atoms with Crippen LogP contribution in [0.4, 0.5) is 0 Å². The zero-order valence-corrected chi connectivity index (χ0v) is 18.2. The maximum absolute atomic E-state index is 2.74. The van der Waals surface area contributed by atoms with Gasteiger partial charge in [0.2, 0.25) is 0 Å². The molecule has 2 unspecified atom stereocenters. The molecule has 3 rings (SSSR count). The molecule has 0 aromatic rings. The highest BCUT2D eigenvalue weighted by Crippen LogP contribution is 2.41. The summed E-state index contributed by atoms with van der Waals surface area (Å²) in [6.07, 6.45) is 7.71. The van der Waals surface area contributed by atoms with Crippen LogP contribution in [0.2, 0.25) is 0 Å². The van der Waals surface area contributed by atoms with E-state index in [0.717, 1.165) is 13.1 Å². The van der Waals surface area contributed by atoms with Gasteiger partial charge in [0.05, 0.1) is 0 Å². The first kappa shape index (κ1) is 19.3. The lowest BCUT2D eigenvalue weighted by molar-refractivity contribution is 0.123. The van der Waals surface area contributed by atoms with Gasteiger partial charge in [0.15, 0.2) is 0 Å². The van der Waals surface area contributed by atoms with E-state index in [1.165, 1.54) is 35.1 Å². The van der Waals surface area contributed by atoms with E-state index in [9.17, 15) is 0 Å². The Balaban J connectivity index is 2.00. The molecular formula is C24H38N2. The summed E-state index contributed by atoms with van der Waals surface area (Å²) in [4.78, 5) is 5.48. The second kappa shape index (κ2) is 7.29. The zero-order valence-electron chi connectivity index (χ0n) is 18.2. The van der Waals surface area contributed by atoms with Gasteiger partial charge in [-0.3, -0.25) is 0 Å². The van der Waals surface area contributed by atoms with Gasteiger partial charge in [-0.2, -0.15) is 0 Å². The Morgan fingerprint density at radius 2 is 1.15 bits per heavy atom. The van der Waals surface area contributed by atoms with Gasteiger partial charge in [0.1, 0.15) is 6.17 Å². The lowest BCUT2D eigenvalue weighted by Crippen LogP contribution is -2.45. The summed E-state index contributed by atoms with van der Waals surface area (Å²) in [5, 5.41) is 0. The van der Waals surface area contributed by atoms with Crippen molar-refractivity contribution in [1.82, 2.24) is 9.80 Å². The van der Waals surface area contributed by atoms with Gasteiger partial charge < -0.3 is 9.80 Å². The normalized spacial score (nSPS) is 30.4. The van der Waals surface area contributed by atoms with Crippen LogP contribution in [0.1, 0.15) is 68.2 Å². The summed E-state index contributed by atoms with van der Waals surface area (Å²) in [6.45, 7) is 21.1. The Morgan fingerprint density at radius 3 is 1.46 bits per heavy atom. The molecule has 2 atom stereocenters. The Bertz CT molecular complexity index is 633. The highest BCUT2D eigenvalue weighted by molar-refractivity contribution is 5.36. The Labute approximate surface area is 161 Å². The molecule has 144 valence electrons. The first-order valence-corrected chi connectivity index (χ1v) is 10.5. The monoisotopic (exact) mass is 354 g/mol. The van der Waals surface area contributed by atoms with Gasteiger partial charge in [-0.1, -0.05) is 51.0 Å². The van der Waals surface area contributed by atoms with Crippen LogP contribution in [0.3, 0.4) is 0 Å². The molecule has 0 spiro atoms. The van der Waals surface area contributed by atoms with Crippen molar-refractivity contribution in [3.05, 3.63) is 45.8 Å². The molecule has 2 aliphatic carbocycles. The second-order valence-corrected chi connectivity index (χ2v) is 9.37. The van der Waals surface area contributed by atoms with E-state index < -0.39 is 0 Å². The highest BCUT2D eigenvalue weighted by Gasteiger charge is 2.40. The Morgan fingerprint density at radius 1 is 0.769 bits per heavy atom. The first-order valence-electron chi connectivity index (χ1n) is 10.5. The Hall–Kier alpha value is -1.44. The van der Waals surface area contributed by atoms with E-state index in [1.807, 2.05) is 0 Å². The topological polar surface area (TPSA) is 6.48 Å². The van der Waals surface area contributed by atoms with E-state index in [1.54, 1.807) is 11.4 Å². The van der Waals surface area contributed by atoms with Crippen LogP contribution in [-0.2, 0) is 0 Å². The largest absolute Gasteiger partial charge is 0.352 e. The summed E-state index contributed by atoms with van der Waals surface area (Å²) < 4.78 is 0. The maximum Gasteiger partial charge on any atom is 0.103 e. The summed E-state index contributed by atoms with van der Waals surface area (Å²) in [7, 11) is 0. The number of rotatable bonds is 3. The van der Waals surface area contributed by atoms with E-state index in [0.29, 0.717) is 23.9 Å². The van der Waals surface area contributed by atoms with Crippen molar-refractivity contribution < 1.29 is 0 Å². The van der Waals surface area contributed by atoms with Crippen LogP contribution in [0.5, 0.6) is 0 Å². The van der Waals surface area contributed by atoms with Crippen LogP contribution in [-0.4, -0.2) is 29.1 Å². The quantitative estimate of drug-likeness (QED) is 0.603. The third-order valence-corrected chi connectivity index (χ3v) is 6.36. The summed E-state index contributed by atoms with van der Waals surface area (Å²) in [5.41, 5.74) is 9.18. The molecule has 0 saturated carbocycles. The summed E-state index contributed by atoms with van der Waals surface area (Å²) >= 11 is 0. The third-order valence-electron chi connectivity index (χ3n) is 6.36. The van der Waals surface area contributed by atoms with Gasteiger partial charge in [-0.25, -0.2) is 0 Å². The maximum atomic E-state index is 2.74. The van der Waals surface area contributed by atoms with Gasteiger partial charge in [0, 0.05) is 36.3 Å². The molecule has 3 aliphatic rings. The standard InChI is InChI=1S/C24H38N2/c1-15(2)24-25(22-18(5)11-16(3)12-19(22)6)9-10-26(24)23-20(7)13-17(4)14-21(23)8/h11,13,15,19,21,24H,9-10,12,14H2,1-8H3. The van der Waals surface area contributed by atoms with Crippen molar-refractivity contribution in [2.24, 2.45) is 17.8 Å². The molecule has 0 amide bonds. The van der Waals surface area contributed by atoms with Crippen molar-refractivity contribution in [3.63, 3.8) is 0 Å². The molecule has 1 aliphatic heterocycles. The molecule has 0 N–H and O–H groups in total. The molecule has 26 heavy (non-hydrogen) atoms. The summed E-state index contributed by atoms with van der Waals surface area (Å²) in [6, 6.07) is 0. The van der Waals surface area contributed by atoms with E-state index in [4.69, 9.17) is 0 Å². The molecule has 1 heterocycles. The lowest BCUT2D eigenvalue weighted by Gasteiger charge is -2.43. The minimum atomic E-state index is 0.480. The average molecular weight is 355 g/mol. The SMILES string of the molecule is CC1=CC(C)=C(N2CCN(C3=C(C)C=C(C)CC3C)C2C(C)C)C(C)C1. The van der Waals surface area contributed by atoms with Gasteiger partial charge in [0.25, 0.3) is 0 Å². The van der Waals surface area contributed by atoms with Crippen LogP contribution in [0.15, 0.2) is 45.8 Å². The number of allylic oxidation sites excluding steroid dienone is 8. The fraction of sp³-hybridized carbons (Fsp3) is 0.667. The molecule has 0 aromatic heterocycles. The van der Waals surface area contributed by atoms with Gasteiger partial charge in [-0.05, 0) is 57.6 Å². The smallest absolute Gasteiger partial charge is 0.103 e. The minimum Gasteiger partial charge on any atom is -0.352 e.